The number of hydrogen-bond donors (Lipinski definition) is 1. The Morgan fingerprint density at radius 3 is 2.75 bits per heavy atom. The first-order valence-electron chi connectivity index (χ1n) is 2.69. The maximum atomic E-state index is 11.9. The van der Waals surface area contributed by atoms with Crippen molar-refractivity contribution in [2.75, 3.05) is 18.2 Å². The lowest BCUT2D eigenvalue weighted by Crippen LogP contribution is -2.41. The monoisotopic (exact) mass is 135 g/mol. The van der Waals surface area contributed by atoms with Gasteiger partial charge < -0.3 is 5.73 Å². The molecule has 48 valence electrons. The third-order valence-electron chi connectivity index (χ3n) is 1.40. The molecule has 0 amide bonds. The van der Waals surface area contributed by atoms with E-state index in [1.165, 1.54) is 0 Å². The molecule has 0 bridgehead atoms. The summed E-state index contributed by atoms with van der Waals surface area (Å²) >= 11 is 1.74. The highest BCUT2D eigenvalue weighted by Crippen LogP contribution is 2.25. The van der Waals surface area contributed by atoms with Crippen molar-refractivity contribution in [3.63, 3.8) is 0 Å². The quantitative estimate of drug-likeness (QED) is 0.575. The molecule has 8 heavy (non-hydrogen) atoms. The highest BCUT2D eigenvalue weighted by Gasteiger charge is 2.29. The smallest absolute Gasteiger partial charge is 0.108 e. The standard InChI is InChI=1S/C5H10FNS/c6-3-5(7)1-2-8-4-5/h1-4,7H2. The lowest BCUT2D eigenvalue weighted by molar-refractivity contribution is 0.336. The van der Waals surface area contributed by atoms with Gasteiger partial charge in [-0.2, -0.15) is 11.8 Å². The van der Waals surface area contributed by atoms with Crippen molar-refractivity contribution in [3.05, 3.63) is 0 Å². The van der Waals surface area contributed by atoms with E-state index in [4.69, 9.17) is 5.73 Å². The summed E-state index contributed by atoms with van der Waals surface area (Å²) < 4.78 is 11.9. The molecule has 2 N–H and O–H groups in total. The van der Waals surface area contributed by atoms with E-state index in [0.29, 0.717) is 0 Å². The van der Waals surface area contributed by atoms with Crippen molar-refractivity contribution >= 4 is 11.8 Å². The van der Waals surface area contributed by atoms with Crippen LogP contribution in [0.25, 0.3) is 0 Å². The number of hydrogen-bond acceptors (Lipinski definition) is 2. The summed E-state index contributed by atoms with van der Waals surface area (Å²) in [6, 6.07) is 0. The van der Waals surface area contributed by atoms with Gasteiger partial charge in [-0.3, -0.25) is 0 Å². The summed E-state index contributed by atoms with van der Waals surface area (Å²) in [7, 11) is 0. The molecule has 1 nitrogen and oxygen atoms in total. The van der Waals surface area contributed by atoms with Gasteiger partial charge in [-0.25, -0.2) is 4.39 Å². The number of nitrogens with two attached hydrogens (primary N) is 1. The maximum absolute atomic E-state index is 11.9. The zero-order valence-electron chi connectivity index (χ0n) is 4.69. The van der Waals surface area contributed by atoms with Crippen molar-refractivity contribution in [3.8, 4) is 0 Å². The van der Waals surface area contributed by atoms with Crippen LogP contribution in [-0.2, 0) is 0 Å². The van der Waals surface area contributed by atoms with Crippen LogP contribution in [-0.4, -0.2) is 23.7 Å². The molecule has 0 aliphatic carbocycles. The topological polar surface area (TPSA) is 26.0 Å². The lowest BCUT2D eigenvalue weighted by atomic mass is 10.0. The molecule has 1 atom stereocenters. The van der Waals surface area contributed by atoms with E-state index in [2.05, 4.69) is 0 Å². The molecule has 0 radical (unpaired) electrons. The summed E-state index contributed by atoms with van der Waals surface area (Å²) in [5.74, 6) is 1.82. The maximum Gasteiger partial charge on any atom is 0.108 e. The minimum atomic E-state index is -0.468. The van der Waals surface area contributed by atoms with Gasteiger partial charge in [0.15, 0.2) is 0 Å². The number of thioether (sulfide) groups is 1. The van der Waals surface area contributed by atoms with E-state index in [0.717, 1.165) is 17.9 Å². The Kier molecular flexibility index (Phi) is 1.77. The van der Waals surface area contributed by atoms with Crippen LogP contribution in [0.15, 0.2) is 0 Å². The highest BCUT2D eigenvalue weighted by atomic mass is 32.2. The van der Waals surface area contributed by atoms with Crippen molar-refractivity contribution < 1.29 is 4.39 Å². The third kappa shape index (κ3) is 1.14. The van der Waals surface area contributed by atoms with Gasteiger partial charge in [0.05, 0.1) is 5.54 Å². The summed E-state index contributed by atoms with van der Waals surface area (Å²) in [6.45, 7) is -0.361. The van der Waals surface area contributed by atoms with Gasteiger partial charge in [-0.1, -0.05) is 0 Å². The second-order valence-electron chi connectivity index (χ2n) is 2.30. The predicted octanol–water partition coefficient (Wildman–Crippen LogP) is 0.790. The minimum absolute atomic E-state index is 0.361. The molecular formula is C5H10FNS. The molecule has 0 aromatic carbocycles. The molecule has 1 fully saturated rings. The molecule has 0 aromatic heterocycles. The first-order valence-corrected chi connectivity index (χ1v) is 3.85. The summed E-state index contributed by atoms with van der Waals surface area (Å²) in [5.41, 5.74) is 5.09. The van der Waals surface area contributed by atoms with E-state index in [-0.39, 0.29) is 6.67 Å². The fraction of sp³-hybridized carbons (Fsp3) is 1.00. The van der Waals surface area contributed by atoms with Crippen LogP contribution in [0.3, 0.4) is 0 Å². The highest BCUT2D eigenvalue weighted by molar-refractivity contribution is 7.99. The molecule has 1 aliphatic heterocycles. The van der Waals surface area contributed by atoms with Crippen LogP contribution in [0.2, 0.25) is 0 Å². The molecule has 1 saturated heterocycles. The van der Waals surface area contributed by atoms with Gasteiger partial charge >= 0.3 is 0 Å². The average Bonchev–Trinajstić information content (AvgIpc) is 2.17. The van der Waals surface area contributed by atoms with Gasteiger partial charge in [-0.15, -0.1) is 0 Å². The number of alkyl halides is 1. The second-order valence-corrected chi connectivity index (χ2v) is 3.40. The molecule has 0 saturated carbocycles. The lowest BCUT2D eigenvalue weighted by Gasteiger charge is -2.16. The van der Waals surface area contributed by atoms with E-state index in [1.807, 2.05) is 0 Å². The van der Waals surface area contributed by atoms with Crippen molar-refractivity contribution in [1.82, 2.24) is 0 Å². The van der Waals surface area contributed by atoms with Gasteiger partial charge in [0, 0.05) is 5.75 Å². The Morgan fingerprint density at radius 2 is 2.50 bits per heavy atom. The first kappa shape index (κ1) is 6.36. The molecule has 1 rings (SSSR count). The SMILES string of the molecule is NC1(CF)CCSC1. The minimum Gasteiger partial charge on any atom is -0.322 e. The molecule has 1 heterocycles. The predicted molar refractivity (Wildman–Crippen MR) is 34.8 cm³/mol. The van der Waals surface area contributed by atoms with Gasteiger partial charge in [0.1, 0.15) is 6.67 Å². The zero-order chi connectivity index (χ0) is 6.04. The van der Waals surface area contributed by atoms with Crippen LogP contribution in [0.4, 0.5) is 4.39 Å². The average molecular weight is 135 g/mol. The summed E-state index contributed by atoms with van der Waals surface area (Å²) in [5, 5.41) is 0. The Bertz CT molecular complexity index is 80.5. The first-order chi connectivity index (χ1) is 3.77. The third-order valence-corrected chi connectivity index (χ3v) is 2.67. The van der Waals surface area contributed by atoms with E-state index in [9.17, 15) is 4.39 Å². The van der Waals surface area contributed by atoms with E-state index >= 15 is 0 Å². The van der Waals surface area contributed by atoms with Crippen LogP contribution in [0, 0.1) is 0 Å². The normalized spacial score (nSPS) is 38.2. The van der Waals surface area contributed by atoms with Crippen molar-refractivity contribution in [2.45, 2.75) is 12.0 Å². The van der Waals surface area contributed by atoms with Crippen LogP contribution < -0.4 is 5.73 Å². The number of rotatable bonds is 1. The van der Waals surface area contributed by atoms with Crippen LogP contribution in [0.1, 0.15) is 6.42 Å². The molecule has 0 spiro atoms. The van der Waals surface area contributed by atoms with E-state index < -0.39 is 5.54 Å². The van der Waals surface area contributed by atoms with E-state index in [1.54, 1.807) is 11.8 Å². The van der Waals surface area contributed by atoms with Gasteiger partial charge in [-0.05, 0) is 12.2 Å². The summed E-state index contributed by atoms with van der Waals surface area (Å²) in [6.07, 6.45) is 0.841. The van der Waals surface area contributed by atoms with Crippen molar-refractivity contribution in [2.24, 2.45) is 5.73 Å². The molecule has 0 aromatic rings. The Balaban J connectivity index is 2.40. The Hall–Kier alpha value is 0.240. The summed E-state index contributed by atoms with van der Waals surface area (Å²) in [4.78, 5) is 0. The second kappa shape index (κ2) is 2.23. The molecule has 1 aliphatic rings. The Morgan fingerprint density at radius 1 is 1.75 bits per heavy atom. The van der Waals surface area contributed by atoms with Gasteiger partial charge in [0.25, 0.3) is 0 Å². The van der Waals surface area contributed by atoms with Gasteiger partial charge in [0.2, 0.25) is 0 Å². The molecular weight excluding hydrogens is 125 g/mol. The fourth-order valence-corrected chi connectivity index (χ4v) is 2.05. The fourth-order valence-electron chi connectivity index (χ4n) is 0.728. The van der Waals surface area contributed by atoms with Crippen molar-refractivity contribution in [1.29, 1.82) is 0 Å². The van der Waals surface area contributed by atoms with Crippen LogP contribution in [0.5, 0.6) is 0 Å². The largest absolute Gasteiger partial charge is 0.322 e. The zero-order valence-corrected chi connectivity index (χ0v) is 5.51. The molecule has 1 unspecified atom stereocenters. The Labute approximate surface area is 52.8 Å². The number of halogens is 1. The molecule has 3 heteroatoms. The van der Waals surface area contributed by atoms with Crippen LogP contribution >= 0.6 is 11.8 Å².